The van der Waals surface area contributed by atoms with Gasteiger partial charge in [0.2, 0.25) is 0 Å². The maximum absolute atomic E-state index is 9.96. The highest BCUT2D eigenvalue weighted by Crippen LogP contribution is 2.29. The van der Waals surface area contributed by atoms with Gasteiger partial charge in [-0.3, -0.25) is 0 Å². The van der Waals surface area contributed by atoms with Gasteiger partial charge in [0.05, 0.1) is 12.7 Å². The van der Waals surface area contributed by atoms with E-state index in [1.165, 1.54) is 25.7 Å². The first-order valence-electron chi connectivity index (χ1n) is 7.80. The highest BCUT2D eigenvalue weighted by Gasteiger charge is 2.18. The lowest BCUT2D eigenvalue weighted by Crippen LogP contribution is -2.18. The standard InChI is InChI=1S/C17H27NO2/c1-13-5-7-14(8-6-13)12-20-16-4-2-3-15(11-16)17(19)9-10-18/h2-4,11,13-14,17,19H,5-10,12,18H2,1H3. The van der Waals surface area contributed by atoms with Crippen molar-refractivity contribution in [3.8, 4) is 5.75 Å². The summed E-state index contributed by atoms with van der Waals surface area (Å²) in [5.74, 6) is 2.42. The zero-order valence-corrected chi connectivity index (χ0v) is 12.4. The fourth-order valence-electron chi connectivity index (χ4n) is 2.85. The van der Waals surface area contributed by atoms with Crippen LogP contribution in [0.1, 0.15) is 50.7 Å². The molecule has 112 valence electrons. The molecule has 0 amide bonds. The molecule has 1 aliphatic carbocycles. The molecule has 0 saturated heterocycles. The van der Waals surface area contributed by atoms with E-state index in [-0.39, 0.29) is 0 Å². The molecule has 1 unspecified atom stereocenters. The largest absolute Gasteiger partial charge is 0.493 e. The van der Waals surface area contributed by atoms with Crippen LogP contribution in [0.3, 0.4) is 0 Å². The number of aliphatic hydroxyl groups excluding tert-OH is 1. The molecule has 1 aliphatic rings. The van der Waals surface area contributed by atoms with Gasteiger partial charge in [0.25, 0.3) is 0 Å². The minimum Gasteiger partial charge on any atom is -0.493 e. The number of ether oxygens (including phenoxy) is 1. The number of aliphatic hydroxyl groups is 1. The van der Waals surface area contributed by atoms with E-state index in [9.17, 15) is 5.11 Å². The highest BCUT2D eigenvalue weighted by molar-refractivity contribution is 5.29. The van der Waals surface area contributed by atoms with E-state index in [4.69, 9.17) is 10.5 Å². The molecule has 0 radical (unpaired) electrons. The quantitative estimate of drug-likeness (QED) is 0.839. The lowest BCUT2D eigenvalue weighted by Gasteiger charge is -2.26. The topological polar surface area (TPSA) is 55.5 Å². The summed E-state index contributed by atoms with van der Waals surface area (Å²) >= 11 is 0. The van der Waals surface area contributed by atoms with Crippen molar-refractivity contribution >= 4 is 0 Å². The Morgan fingerprint density at radius 1 is 1.30 bits per heavy atom. The molecular weight excluding hydrogens is 250 g/mol. The fourth-order valence-corrected chi connectivity index (χ4v) is 2.85. The Kier molecular flexibility index (Phi) is 5.86. The van der Waals surface area contributed by atoms with Gasteiger partial charge < -0.3 is 15.6 Å². The van der Waals surface area contributed by atoms with E-state index in [1.807, 2.05) is 24.3 Å². The Balaban J connectivity index is 1.85. The Labute approximate surface area is 122 Å². The molecule has 3 N–H and O–H groups in total. The van der Waals surface area contributed by atoms with Gasteiger partial charge in [-0.1, -0.05) is 31.9 Å². The molecule has 1 saturated carbocycles. The van der Waals surface area contributed by atoms with E-state index in [1.54, 1.807) is 0 Å². The summed E-state index contributed by atoms with van der Waals surface area (Å²) in [7, 11) is 0. The van der Waals surface area contributed by atoms with Crippen molar-refractivity contribution in [2.75, 3.05) is 13.2 Å². The van der Waals surface area contributed by atoms with Gasteiger partial charge in [-0.05, 0) is 55.3 Å². The van der Waals surface area contributed by atoms with Crippen LogP contribution in [0.5, 0.6) is 5.75 Å². The molecule has 0 aromatic heterocycles. The molecule has 20 heavy (non-hydrogen) atoms. The SMILES string of the molecule is CC1CCC(COc2cccc(C(O)CCN)c2)CC1. The lowest BCUT2D eigenvalue weighted by molar-refractivity contribution is 0.168. The minimum absolute atomic E-state index is 0.487. The molecule has 3 heteroatoms. The number of benzene rings is 1. The van der Waals surface area contributed by atoms with Crippen molar-refractivity contribution in [2.24, 2.45) is 17.6 Å². The van der Waals surface area contributed by atoms with Gasteiger partial charge in [0.1, 0.15) is 5.75 Å². The highest BCUT2D eigenvalue weighted by atomic mass is 16.5. The lowest BCUT2D eigenvalue weighted by atomic mass is 9.83. The van der Waals surface area contributed by atoms with Gasteiger partial charge in [0.15, 0.2) is 0 Å². The van der Waals surface area contributed by atoms with E-state index in [0.717, 1.165) is 23.8 Å². The smallest absolute Gasteiger partial charge is 0.119 e. The zero-order chi connectivity index (χ0) is 14.4. The Morgan fingerprint density at radius 3 is 2.75 bits per heavy atom. The summed E-state index contributed by atoms with van der Waals surface area (Å²) in [6.45, 7) is 3.62. The second-order valence-corrected chi connectivity index (χ2v) is 6.10. The summed E-state index contributed by atoms with van der Waals surface area (Å²) in [6, 6.07) is 7.76. The van der Waals surface area contributed by atoms with E-state index in [0.29, 0.717) is 18.9 Å². The molecule has 3 nitrogen and oxygen atoms in total. The van der Waals surface area contributed by atoms with Crippen molar-refractivity contribution < 1.29 is 9.84 Å². The van der Waals surface area contributed by atoms with Crippen LogP contribution in [0.15, 0.2) is 24.3 Å². The molecule has 2 rings (SSSR count). The first kappa shape index (κ1) is 15.3. The van der Waals surface area contributed by atoms with Crippen LogP contribution >= 0.6 is 0 Å². The maximum atomic E-state index is 9.96. The molecule has 1 atom stereocenters. The minimum atomic E-state index is -0.487. The fraction of sp³-hybridized carbons (Fsp3) is 0.647. The average molecular weight is 277 g/mol. The summed E-state index contributed by atoms with van der Waals surface area (Å²) < 4.78 is 5.91. The van der Waals surface area contributed by atoms with E-state index in [2.05, 4.69) is 6.92 Å². The number of nitrogens with two attached hydrogens (primary N) is 1. The second-order valence-electron chi connectivity index (χ2n) is 6.10. The van der Waals surface area contributed by atoms with Crippen LogP contribution in [0.4, 0.5) is 0 Å². The Morgan fingerprint density at radius 2 is 2.05 bits per heavy atom. The Bertz CT molecular complexity index is 400. The molecule has 0 bridgehead atoms. The predicted octanol–water partition coefficient (Wildman–Crippen LogP) is 3.27. The zero-order valence-electron chi connectivity index (χ0n) is 12.4. The van der Waals surface area contributed by atoms with E-state index >= 15 is 0 Å². The molecule has 0 heterocycles. The van der Waals surface area contributed by atoms with Gasteiger partial charge in [-0.2, -0.15) is 0 Å². The average Bonchev–Trinajstić information content (AvgIpc) is 2.47. The third kappa shape index (κ3) is 4.50. The predicted molar refractivity (Wildman–Crippen MR) is 81.7 cm³/mol. The number of hydrogen-bond acceptors (Lipinski definition) is 3. The first-order valence-corrected chi connectivity index (χ1v) is 7.80. The molecule has 1 fully saturated rings. The summed E-state index contributed by atoms with van der Waals surface area (Å²) in [4.78, 5) is 0. The first-order chi connectivity index (χ1) is 9.69. The van der Waals surface area contributed by atoms with Crippen molar-refractivity contribution in [3.05, 3.63) is 29.8 Å². The Hall–Kier alpha value is -1.06. The van der Waals surface area contributed by atoms with Crippen LogP contribution in [0, 0.1) is 11.8 Å². The van der Waals surface area contributed by atoms with Crippen LogP contribution in [0.2, 0.25) is 0 Å². The van der Waals surface area contributed by atoms with E-state index < -0.39 is 6.10 Å². The number of rotatable bonds is 6. The summed E-state index contributed by atoms with van der Waals surface area (Å²) in [5.41, 5.74) is 6.37. The van der Waals surface area contributed by atoms with Crippen LogP contribution < -0.4 is 10.5 Å². The molecule has 1 aromatic carbocycles. The van der Waals surface area contributed by atoms with Crippen LogP contribution in [0.25, 0.3) is 0 Å². The van der Waals surface area contributed by atoms with Crippen LogP contribution in [-0.2, 0) is 0 Å². The van der Waals surface area contributed by atoms with Gasteiger partial charge >= 0.3 is 0 Å². The van der Waals surface area contributed by atoms with Gasteiger partial charge in [-0.15, -0.1) is 0 Å². The van der Waals surface area contributed by atoms with Crippen molar-refractivity contribution in [1.29, 1.82) is 0 Å². The summed E-state index contributed by atoms with van der Waals surface area (Å²) in [6.07, 6.45) is 5.29. The second kappa shape index (κ2) is 7.65. The third-order valence-corrected chi connectivity index (χ3v) is 4.30. The molecule has 0 aliphatic heterocycles. The molecule has 1 aromatic rings. The van der Waals surface area contributed by atoms with Crippen molar-refractivity contribution in [3.63, 3.8) is 0 Å². The van der Waals surface area contributed by atoms with Crippen LogP contribution in [-0.4, -0.2) is 18.3 Å². The maximum Gasteiger partial charge on any atom is 0.119 e. The van der Waals surface area contributed by atoms with Crippen molar-refractivity contribution in [2.45, 2.75) is 45.1 Å². The normalized spacial score (nSPS) is 24.4. The number of hydrogen-bond donors (Lipinski definition) is 2. The van der Waals surface area contributed by atoms with Crippen molar-refractivity contribution in [1.82, 2.24) is 0 Å². The molecule has 0 spiro atoms. The third-order valence-electron chi connectivity index (χ3n) is 4.30. The summed E-state index contributed by atoms with van der Waals surface area (Å²) in [5, 5.41) is 9.96. The monoisotopic (exact) mass is 277 g/mol. The van der Waals surface area contributed by atoms with Gasteiger partial charge in [0, 0.05) is 0 Å². The van der Waals surface area contributed by atoms with Gasteiger partial charge in [-0.25, -0.2) is 0 Å². The molecular formula is C17H27NO2.